The molecule has 0 radical (unpaired) electrons. The molecule has 0 spiro atoms. The molecule has 0 saturated heterocycles. The quantitative estimate of drug-likeness (QED) is 0.802. The van der Waals surface area contributed by atoms with Crippen LogP contribution in [0.25, 0.3) is 0 Å². The van der Waals surface area contributed by atoms with Crippen LogP contribution in [-0.2, 0) is 27.2 Å². The first-order chi connectivity index (χ1) is 13.5. The van der Waals surface area contributed by atoms with Crippen molar-refractivity contribution >= 4 is 34.8 Å². The lowest BCUT2D eigenvalue weighted by atomic mass is 9.99. The smallest absolute Gasteiger partial charge is 0.314 e. The van der Waals surface area contributed by atoms with E-state index >= 15 is 0 Å². The second-order valence-electron chi connectivity index (χ2n) is 7.08. The van der Waals surface area contributed by atoms with E-state index in [0.29, 0.717) is 23.5 Å². The Balaban J connectivity index is 1.52. The number of aryl methyl sites for hydroxylation is 2. The number of hydrogen-bond acceptors (Lipinski definition) is 4. The largest absolute Gasteiger partial charge is 0.495 e. The predicted molar refractivity (Wildman–Crippen MR) is 106 cm³/mol. The molecule has 3 amide bonds. The number of nitrogens with zero attached hydrogens (tertiary/aromatic N) is 1. The molecule has 0 aromatic heterocycles. The average molecular weight is 379 g/mol. The van der Waals surface area contributed by atoms with Crippen LogP contribution >= 0.6 is 0 Å². The van der Waals surface area contributed by atoms with Gasteiger partial charge < -0.3 is 20.3 Å². The Morgan fingerprint density at radius 3 is 2.61 bits per heavy atom. The van der Waals surface area contributed by atoms with Crippen LogP contribution in [0.5, 0.6) is 5.75 Å². The monoisotopic (exact) mass is 379 g/mol. The highest BCUT2D eigenvalue weighted by Crippen LogP contribution is 2.38. The van der Waals surface area contributed by atoms with Gasteiger partial charge in [0.15, 0.2) is 0 Å². The number of rotatable bonds is 3. The number of hydrogen-bond donors (Lipinski definition) is 2. The molecule has 0 fully saturated rings. The van der Waals surface area contributed by atoms with Gasteiger partial charge in [0, 0.05) is 12.2 Å². The van der Waals surface area contributed by atoms with Gasteiger partial charge in [-0.15, -0.1) is 0 Å². The molecule has 2 N–H and O–H groups in total. The highest BCUT2D eigenvalue weighted by Gasteiger charge is 2.32. The summed E-state index contributed by atoms with van der Waals surface area (Å²) in [7, 11) is 1.50. The Bertz CT molecular complexity index is 999. The molecule has 28 heavy (non-hydrogen) atoms. The van der Waals surface area contributed by atoms with Crippen molar-refractivity contribution in [1.82, 2.24) is 0 Å². The molecule has 4 rings (SSSR count). The minimum Gasteiger partial charge on any atom is -0.495 e. The van der Waals surface area contributed by atoms with E-state index in [1.807, 2.05) is 24.0 Å². The minimum absolute atomic E-state index is 0.0868. The topological polar surface area (TPSA) is 87.7 Å². The third kappa shape index (κ3) is 3.19. The lowest BCUT2D eigenvalue weighted by molar-refractivity contribution is -0.133. The van der Waals surface area contributed by atoms with Gasteiger partial charge in [-0.1, -0.05) is 6.07 Å². The maximum atomic E-state index is 12.4. The van der Waals surface area contributed by atoms with Crippen LogP contribution in [0.4, 0.5) is 17.1 Å². The molecule has 2 aromatic rings. The number of amides is 3. The zero-order valence-corrected chi connectivity index (χ0v) is 15.8. The second kappa shape index (κ2) is 6.99. The van der Waals surface area contributed by atoms with Crippen molar-refractivity contribution in [2.24, 2.45) is 0 Å². The van der Waals surface area contributed by atoms with Gasteiger partial charge in [0.2, 0.25) is 5.91 Å². The number of benzene rings is 2. The summed E-state index contributed by atoms with van der Waals surface area (Å²) in [6.45, 7) is 2.63. The van der Waals surface area contributed by atoms with Gasteiger partial charge in [0.1, 0.15) is 5.75 Å². The summed E-state index contributed by atoms with van der Waals surface area (Å²) in [5.74, 6) is -0.987. The fraction of sp³-hybridized carbons (Fsp3) is 0.286. The Morgan fingerprint density at radius 2 is 1.82 bits per heavy atom. The molecular formula is C21H21N3O4. The van der Waals surface area contributed by atoms with Gasteiger partial charge in [0.25, 0.3) is 0 Å². The first-order valence-corrected chi connectivity index (χ1v) is 9.19. The zero-order valence-electron chi connectivity index (χ0n) is 15.8. The van der Waals surface area contributed by atoms with Crippen LogP contribution in [0.1, 0.15) is 23.1 Å². The standard InChI is InChI=1S/C21H21N3O4/c1-12-5-6-17(28-2)16(8-12)23-21(27)20(26)22-15-9-13-4-3-7-24-18(25)11-14(10-15)19(13)24/h5-6,8-10H,3-4,7,11H2,1-2H3,(H,22,26)(H,23,27). The summed E-state index contributed by atoms with van der Waals surface area (Å²) in [5.41, 5.74) is 4.81. The lowest BCUT2D eigenvalue weighted by Gasteiger charge is -2.26. The summed E-state index contributed by atoms with van der Waals surface area (Å²) < 4.78 is 5.22. The van der Waals surface area contributed by atoms with Crippen molar-refractivity contribution in [3.05, 3.63) is 47.0 Å². The first-order valence-electron chi connectivity index (χ1n) is 9.19. The van der Waals surface area contributed by atoms with E-state index in [2.05, 4.69) is 10.6 Å². The summed E-state index contributed by atoms with van der Waals surface area (Å²) in [5, 5.41) is 5.24. The van der Waals surface area contributed by atoms with E-state index in [-0.39, 0.29) is 5.91 Å². The van der Waals surface area contributed by atoms with Crippen molar-refractivity contribution in [3.8, 4) is 5.75 Å². The van der Waals surface area contributed by atoms with Crippen LogP contribution in [-0.4, -0.2) is 31.4 Å². The van der Waals surface area contributed by atoms with Crippen molar-refractivity contribution in [3.63, 3.8) is 0 Å². The Labute approximate surface area is 162 Å². The third-order valence-electron chi connectivity index (χ3n) is 5.08. The number of nitrogens with one attached hydrogen (secondary N) is 2. The Kier molecular flexibility index (Phi) is 4.50. The van der Waals surface area contributed by atoms with E-state index in [9.17, 15) is 14.4 Å². The highest BCUT2D eigenvalue weighted by molar-refractivity contribution is 6.43. The van der Waals surface area contributed by atoms with E-state index in [1.165, 1.54) is 7.11 Å². The maximum absolute atomic E-state index is 12.4. The van der Waals surface area contributed by atoms with E-state index in [4.69, 9.17) is 4.74 Å². The molecular weight excluding hydrogens is 358 g/mol. The Morgan fingerprint density at radius 1 is 1.07 bits per heavy atom. The molecule has 2 aliphatic rings. The number of ether oxygens (including phenoxy) is 1. The fourth-order valence-corrected chi connectivity index (χ4v) is 3.84. The summed E-state index contributed by atoms with van der Waals surface area (Å²) in [6, 6.07) is 8.96. The van der Waals surface area contributed by atoms with Crippen molar-refractivity contribution in [2.45, 2.75) is 26.2 Å². The number of anilines is 3. The second-order valence-corrected chi connectivity index (χ2v) is 7.08. The molecule has 0 bridgehead atoms. The molecule has 2 aromatic carbocycles. The number of carbonyl (C=O) groups excluding carboxylic acids is 3. The maximum Gasteiger partial charge on any atom is 0.314 e. The molecule has 7 heteroatoms. The SMILES string of the molecule is COc1ccc(C)cc1NC(=O)C(=O)Nc1cc2c3c(c1)CC(=O)N3CCC2. The summed E-state index contributed by atoms with van der Waals surface area (Å²) in [6.07, 6.45) is 2.07. The third-order valence-corrected chi connectivity index (χ3v) is 5.08. The number of carbonyl (C=O) groups is 3. The van der Waals surface area contributed by atoms with Crippen LogP contribution in [0.3, 0.4) is 0 Å². The van der Waals surface area contributed by atoms with Crippen molar-refractivity contribution in [1.29, 1.82) is 0 Å². The van der Waals surface area contributed by atoms with Crippen molar-refractivity contribution in [2.75, 3.05) is 29.2 Å². The molecule has 2 aliphatic heterocycles. The lowest BCUT2D eigenvalue weighted by Crippen LogP contribution is -2.31. The molecule has 144 valence electrons. The average Bonchev–Trinajstić information content (AvgIpc) is 2.99. The molecule has 0 aliphatic carbocycles. The van der Waals surface area contributed by atoms with Gasteiger partial charge in [0.05, 0.1) is 24.9 Å². The van der Waals surface area contributed by atoms with Crippen molar-refractivity contribution < 1.29 is 19.1 Å². The molecule has 2 heterocycles. The van der Waals surface area contributed by atoms with Gasteiger partial charge in [-0.3, -0.25) is 14.4 Å². The highest BCUT2D eigenvalue weighted by atomic mass is 16.5. The summed E-state index contributed by atoms with van der Waals surface area (Å²) >= 11 is 0. The van der Waals surface area contributed by atoms with Gasteiger partial charge >= 0.3 is 11.8 Å². The number of methoxy groups -OCH3 is 1. The molecule has 0 atom stereocenters. The van der Waals surface area contributed by atoms with E-state index < -0.39 is 11.8 Å². The predicted octanol–water partition coefficient (Wildman–Crippen LogP) is 2.42. The zero-order chi connectivity index (χ0) is 19.8. The fourth-order valence-electron chi connectivity index (χ4n) is 3.84. The van der Waals surface area contributed by atoms with Gasteiger partial charge in [-0.25, -0.2) is 0 Å². The van der Waals surface area contributed by atoms with Gasteiger partial charge in [-0.05, 0) is 60.7 Å². The van der Waals surface area contributed by atoms with E-state index in [1.54, 1.807) is 18.2 Å². The molecule has 7 nitrogen and oxygen atoms in total. The molecule has 0 unspecified atom stereocenters. The summed E-state index contributed by atoms with van der Waals surface area (Å²) in [4.78, 5) is 38.7. The van der Waals surface area contributed by atoms with Crippen LogP contribution in [0, 0.1) is 6.92 Å². The van der Waals surface area contributed by atoms with E-state index in [0.717, 1.165) is 41.8 Å². The first kappa shape index (κ1) is 18.0. The minimum atomic E-state index is -0.782. The normalized spacial score (nSPS) is 14.5. The van der Waals surface area contributed by atoms with Gasteiger partial charge in [-0.2, -0.15) is 0 Å². The Hall–Kier alpha value is -3.35. The van der Waals surface area contributed by atoms with Crippen LogP contribution in [0.15, 0.2) is 30.3 Å². The van der Waals surface area contributed by atoms with Crippen LogP contribution < -0.4 is 20.3 Å². The molecule has 0 saturated carbocycles. The van der Waals surface area contributed by atoms with Crippen LogP contribution in [0.2, 0.25) is 0 Å².